The highest BCUT2D eigenvalue weighted by molar-refractivity contribution is 6.32. The van der Waals surface area contributed by atoms with Gasteiger partial charge in [-0.05, 0) is 38.0 Å². The quantitative estimate of drug-likeness (QED) is 0.900. The smallest absolute Gasteiger partial charge is 0.131 e. The fraction of sp³-hybridized carbons (Fsp3) is 0.462. The maximum atomic E-state index is 11.1. The SMILES string of the molecule is COc1cc(C)c(Cl)c(C)c1C(N)CC(C)=O. The van der Waals surface area contributed by atoms with E-state index in [4.69, 9.17) is 22.1 Å². The summed E-state index contributed by atoms with van der Waals surface area (Å²) < 4.78 is 5.31. The maximum absolute atomic E-state index is 11.1. The Hall–Kier alpha value is -1.06. The summed E-state index contributed by atoms with van der Waals surface area (Å²) in [5, 5.41) is 0.680. The molecule has 0 bridgehead atoms. The number of ether oxygens (including phenoxy) is 1. The molecule has 2 N–H and O–H groups in total. The average Bonchev–Trinajstić information content (AvgIpc) is 2.23. The number of nitrogens with two attached hydrogens (primary N) is 1. The number of aryl methyl sites for hydroxylation is 1. The molecule has 0 fully saturated rings. The minimum absolute atomic E-state index is 0.0515. The molecule has 0 saturated heterocycles. The molecular formula is C13H18ClNO2. The molecule has 3 nitrogen and oxygen atoms in total. The lowest BCUT2D eigenvalue weighted by Crippen LogP contribution is -2.16. The first-order valence-corrected chi connectivity index (χ1v) is 5.84. The Labute approximate surface area is 107 Å². The van der Waals surface area contributed by atoms with E-state index >= 15 is 0 Å². The molecule has 1 rings (SSSR count). The van der Waals surface area contributed by atoms with Crippen molar-refractivity contribution < 1.29 is 9.53 Å². The van der Waals surface area contributed by atoms with E-state index in [1.807, 2.05) is 19.9 Å². The Bertz CT molecular complexity index is 444. The highest BCUT2D eigenvalue weighted by Crippen LogP contribution is 2.35. The second-order valence-corrected chi connectivity index (χ2v) is 4.64. The zero-order valence-corrected chi connectivity index (χ0v) is 11.4. The number of halogens is 1. The van der Waals surface area contributed by atoms with Gasteiger partial charge in [0.05, 0.1) is 7.11 Å². The number of rotatable bonds is 4. The summed E-state index contributed by atoms with van der Waals surface area (Å²) in [5.74, 6) is 0.744. The van der Waals surface area contributed by atoms with Crippen molar-refractivity contribution in [3.8, 4) is 5.75 Å². The summed E-state index contributed by atoms with van der Waals surface area (Å²) in [6, 6.07) is 1.48. The second kappa shape index (κ2) is 5.52. The van der Waals surface area contributed by atoms with Gasteiger partial charge in [0, 0.05) is 23.0 Å². The summed E-state index contributed by atoms with van der Waals surface area (Å²) in [7, 11) is 1.59. The van der Waals surface area contributed by atoms with Crippen LogP contribution < -0.4 is 10.5 Å². The van der Waals surface area contributed by atoms with E-state index < -0.39 is 0 Å². The topological polar surface area (TPSA) is 52.3 Å². The predicted octanol–water partition coefficient (Wildman–Crippen LogP) is 2.94. The van der Waals surface area contributed by atoms with Crippen LogP contribution in [0, 0.1) is 13.8 Å². The Morgan fingerprint density at radius 3 is 2.59 bits per heavy atom. The van der Waals surface area contributed by atoms with Gasteiger partial charge in [-0.2, -0.15) is 0 Å². The van der Waals surface area contributed by atoms with E-state index in [1.54, 1.807) is 7.11 Å². The third kappa shape index (κ3) is 2.99. The van der Waals surface area contributed by atoms with Crippen molar-refractivity contribution in [3.05, 3.63) is 27.8 Å². The third-order valence-corrected chi connectivity index (χ3v) is 3.37. The molecule has 94 valence electrons. The van der Waals surface area contributed by atoms with Crippen LogP contribution in [0.3, 0.4) is 0 Å². The van der Waals surface area contributed by atoms with Crippen LogP contribution >= 0.6 is 11.6 Å². The van der Waals surface area contributed by atoms with Crippen molar-refractivity contribution >= 4 is 17.4 Å². The van der Waals surface area contributed by atoms with Crippen molar-refractivity contribution in [1.29, 1.82) is 0 Å². The van der Waals surface area contributed by atoms with E-state index in [0.717, 1.165) is 16.7 Å². The lowest BCUT2D eigenvalue weighted by Gasteiger charge is -2.19. The first kappa shape index (κ1) is 14.0. The van der Waals surface area contributed by atoms with Crippen LogP contribution in [-0.4, -0.2) is 12.9 Å². The normalized spacial score (nSPS) is 12.4. The summed E-state index contributed by atoms with van der Waals surface area (Å²) in [6.45, 7) is 5.34. The minimum Gasteiger partial charge on any atom is -0.496 e. The van der Waals surface area contributed by atoms with Gasteiger partial charge in [0.25, 0.3) is 0 Å². The van der Waals surface area contributed by atoms with E-state index in [2.05, 4.69) is 0 Å². The molecule has 1 aromatic rings. The largest absolute Gasteiger partial charge is 0.496 e. The van der Waals surface area contributed by atoms with Gasteiger partial charge in [0.2, 0.25) is 0 Å². The number of hydrogen-bond acceptors (Lipinski definition) is 3. The van der Waals surface area contributed by atoms with E-state index in [9.17, 15) is 4.79 Å². The number of ketones is 1. The van der Waals surface area contributed by atoms with Crippen LogP contribution in [0.4, 0.5) is 0 Å². The molecule has 0 aliphatic carbocycles. The van der Waals surface area contributed by atoms with Gasteiger partial charge in [-0.1, -0.05) is 11.6 Å². The van der Waals surface area contributed by atoms with E-state index in [-0.39, 0.29) is 18.2 Å². The van der Waals surface area contributed by atoms with Crippen LogP contribution in [0.5, 0.6) is 5.75 Å². The molecule has 0 saturated carbocycles. The Kier molecular flexibility index (Phi) is 4.54. The van der Waals surface area contributed by atoms with Gasteiger partial charge in [0.15, 0.2) is 0 Å². The lowest BCUT2D eigenvalue weighted by molar-refractivity contribution is -0.117. The Balaban J connectivity index is 3.30. The van der Waals surface area contributed by atoms with Gasteiger partial charge >= 0.3 is 0 Å². The highest BCUT2D eigenvalue weighted by Gasteiger charge is 2.19. The summed E-state index contributed by atoms with van der Waals surface area (Å²) in [5.41, 5.74) is 8.68. The highest BCUT2D eigenvalue weighted by atomic mass is 35.5. The standard InChI is InChI=1S/C13H18ClNO2/c1-7-5-11(17-4)12(9(3)13(7)14)10(15)6-8(2)16/h5,10H,6,15H2,1-4H3. The van der Waals surface area contributed by atoms with Gasteiger partial charge in [-0.3, -0.25) is 4.79 Å². The van der Waals surface area contributed by atoms with Gasteiger partial charge in [-0.15, -0.1) is 0 Å². The number of methoxy groups -OCH3 is 1. The predicted molar refractivity (Wildman–Crippen MR) is 69.7 cm³/mol. The first-order valence-electron chi connectivity index (χ1n) is 5.47. The summed E-state index contributed by atoms with van der Waals surface area (Å²) >= 11 is 6.20. The number of carbonyl (C=O) groups is 1. The Morgan fingerprint density at radius 2 is 2.12 bits per heavy atom. The zero-order chi connectivity index (χ0) is 13.2. The van der Waals surface area contributed by atoms with Crippen LogP contribution in [0.15, 0.2) is 6.07 Å². The molecule has 0 amide bonds. The molecule has 17 heavy (non-hydrogen) atoms. The average molecular weight is 256 g/mol. The van der Waals surface area contributed by atoms with Crippen molar-refractivity contribution in [2.45, 2.75) is 33.2 Å². The molecule has 4 heteroatoms. The fourth-order valence-corrected chi connectivity index (χ4v) is 2.13. The monoisotopic (exact) mass is 255 g/mol. The summed E-state index contributed by atoms with van der Waals surface area (Å²) in [6.07, 6.45) is 0.288. The second-order valence-electron chi connectivity index (χ2n) is 4.26. The Morgan fingerprint density at radius 1 is 1.53 bits per heavy atom. The number of benzene rings is 1. The molecular weight excluding hydrogens is 238 g/mol. The molecule has 1 unspecified atom stereocenters. The van der Waals surface area contributed by atoms with Crippen LogP contribution in [0.1, 0.15) is 36.1 Å². The third-order valence-electron chi connectivity index (χ3n) is 2.79. The maximum Gasteiger partial charge on any atom is 0.131 e. The first-order chi connectivity index (χ1) is 7.88. The van der Waals surface area contributed by atoms with Gasteiger partial charge in [-0.25, -0.2) is 0 Å². The molecule has 1 aromatic carbocycles. The molecule has 0 aliphatic heterocycles. The van der Waals surface area contributed by atoms with Crippen molar-refractivity contribution in [1.82, 2.24) is 0 Å². The van der Waals surface area contributed by atoms with Gasteiger partial charge in [0.1, 0.15) is 11.5 Å². The zero-order valence-electron chi connectivity index (χ0n) is 10.6. The minimum atomic E-state index is -0.374. The summed E-state index contributed by atoms with van der Waals surface area (Å²) in [4.78, 5) is 11.1. The van der Waals surface area contributed by atoms with Crippen LogP contribution in [-0.2, 0) is 4.79 Å². The molecule has 0 heterocycles. The molecule has 0 spiro atoms. The molecule has 1 atom stereocenters. The van der Waals surface area contributed by atoms with E-state index in [0.29, 0.717) is 10.8 Å². The van der Waals surface area contributed by atoms with Crippen LogP contribution in [0.25, 0.3) is 0 Å². The van der Waals surface area contributed by atoms with Crippen LogP contribution in [0.2, 0.25) is 5.02 Å². The fourth-order valence-electron chi connectivity index (χ4n) is 1.98. The number of hydrogen-bond donors (Lipinski definition) is 1. The number of Topliss-reactive ketones (excluding diaryl/α,β-unsaturated/α-hetero) is 1. The lowest BCUT2D eigenvalue weighted by atomic mass is 9.95. The molecule has 0 aromatic heterocycles. The van der Waals surface area contributed by atoms with E-state index in [1.165, 1.54) is 6.92 Å². The van der Waals surface area contributed by atoms with Crippen molar-refractivity contribution in [2.75, 3.05) is 7.11 Å². The van der Waals surface area contributed by atoms with Crippen molar-refractivity contribution in [2.24, 2.45) is 5.73 Å². The van der Waals surface area contributed by atoms with Crippen molar-refractivity contribution in [3.63, 3.8) is 0 Å². The van der Waals surface area contributed by atoms with Gasteiger partial charge < -0.3 is 10.5 Å². The number of carbonyl (C=O) groups excluding carboxylic acids is 1. The molecule has 0 radical (unpaired) electrons. The molecule has 0 aliphatic rings.